The Morgan fingerprint density at radius 1 is 1.20 bits per heavy atom. The molecule has 0 heterocycles. The Balaban J connectivity index is 3.17. The van der Waals surface area contributed by atoms with Gasteiger partial charge in [-0.15, -0.1) is 0 Å². The van der Waals surface area contributed by atoms with Crippen LogP contribution in [0.1, 0.15) is 22.7 Å². The summed E-state index contributed by atoms with van der Waals surface area (Å²) < 4.78 is 36.9. The molecule has 0 aliphatic heterocycles. The molecule has 0 amide bonds. The first-order valence-electron chi connectivity index (χ1n) is 4.36. The average Bonchev–Trinajstić information content (AvgIpc) is 2.10. The Hall–Kier alpha value is -1.23. The van der Waals surface area contributed by atoms with Gasteiger partial charge in [0.15, 0.2) is 0 Å². The number of nitrogens with two attached hydrogens (primary N) is 1. The summed E-state index contributed by atoms with van der Waals surface area (Å²) in [4.78, 5) is 0. The fourth-order valence-corrected chi connectivity index (χ4v) is 1.36. The van der Waals surface area contributed by atoms with E-state index in [-0.39, 0.29) is 11.3 Å². The Morgan fingerprint density at radius 3 is 1.93 bits per heavy atom. The number of benzene rings is 1. The fourth-order valence-electron chi connectivity index (χ4n) is 1.36. The van der Waals surface area contributed by atoms with Crippen LogP contribution < -0.4 is 5.73 Å². The number of rotatable bonds is 1. The maximum atomic E-state index is 12.3. The standard InChI is InChI=1S/C10H12F3NO/c1-5-3-7(4-6(2)8(5)15)9(14)10(11,12)13/h3-4,9,15H,14H2,1-2H3. The number of alkyl halides is 3. The molecule has 0 saturated carbocycles. The zero-order valence-corrected chi connectivity index (χ0v) is 8.39. The number of phenols is 1. The molecule has 1 unspecified atom stereocenters. The molecule has 0 spiro atoms. The SMILES string of the molecule is Cc1cc(C(N)C(F)(F)F)cc(C)c1O. The first kappa shape index (κ1) is 11.8. The Labute approximate surface area is 85.5 Å². The van der Waals surface area contributed by atoms with E-state index in [0.29, 0.717) is 11.1 Å². The van der Waals surface area contributed by atoms with Gasteiger partial charge in [0.1, 0.15) is 11.8 Å². The lowest BCUT2D eigenvalue weighted by Crippen LogP contribution is -2.28. The molecule has 15 heavy (non-hydrogen) atoms. The highest BCUT2D eigenvalue weighted by Crippen LogP contribution is 2.33. The van der Waals surface area contributed by atoms with Crippen LogP contribution in [0.3, 0.4) is 0 Å². The van der Waals surface area contributed by atoms with Crippen LogP contribution in [0.15, 0.2) is 12.1 Å². The van der Waals surface area contributed by atoms with Gasteiger partial charge in [0.05, 0.1) is 0 Å². The molecule has 0 bridgehead atoms. The summed E-state index contributed by atoms with van der Waals surface area (Å²) in [5.41, 5.74) is 5.81. The molecule has 0 saturated heterocycles. The minimum atomic E-state index is -4.46. The van der Waals surface area contributed by atoms with Gasteiger partial charge in [-0.05, 0) is 30.5 Å². The van der Waals surface area contributed by atoms with E-state index in [1.807, 2.05) is 0 Å². The third-order valence-corrected chi connectivity index (χ3v) is 2.23. The summed E-state index contributed by atoms with van der Waals surface area (Å²) in [6.45, 7) is 3.07. The summed E-state index contributed by atoms with van der Waals surface area (Å²) in [5.74, 6) is 0.00752. The van der Waals surface area contributed by atoms with E-state index in [1.54, 1.807) is 0 Å². The van der Waals surface area contributed by atoms with Gasteiger partial charge in [-0.1, -0.05) is 12.1 Å². The molecule has 1 rings (SSSR count). The predicted molar refractivity (Wildman–Crippen MR) is 50.6 cm³/mol. The summed E-state index contributed by atoms with van der Waals surface area (Å²) in [6, 6.07) is 0.497. The third kappa shape index (κ3) is 2.41. The molecule has 1 aromatic carbocycles. The molecule has 84 valence electrons. The smallest absolute Gasteiger partial charge is 0.407 e. The van der Waals surface area contributed by atoms with Gasteiger partial charge in [-0.2, -0.15) is 13.2 Å². The van der Waals surface area contributed by atoms with Gasteiger partial charge in [0.2, 0.25) is 0 Å². The van der Waals surface area contributed by atoms with Crippen LogP contribution in [0, 0.1) is 13.8 Å². The summed E-state index contributed by atoms with van der Waals surface area (Å²) >= 11 is 0. The maximum Gasteiger partial charge on any atom is 0.407 e. The van der Waals surface area contributed by atoms with Gasteiger partial charge in [0.25, 0.3) is 0 Å². The van der Waals surface area contributed by atoms with Crippen molar-refractivity contribution in [1.29, 1.82) is 0 Å². The maximum absolute atomic E-state index is 12.3. The number of phenolic OH excluding ortho intramolecular Hbond substituents is 1. The summed E-state index contributed by atoms with van der Waals surface area (Å²) in [7, 11) is 0. The number of hydrogen-bond donors (Lipinski definition) is 2. The minimum Gasteiger partial charge on any atom is -0.507 e. The van der Waals surface area contributed by atoms with Crippen molar-refractivity contribution in [2.24, 2.45) is 5.73 Å². The second-order valence-electron chi connectivity index (χ2n) is 3.52. The van der Waals surface area contributed by atoms with E-state index in [9.17, 15) is 18.3 Å². The molecular weight excluding hydrogens is 207 g/mol. The average molecular weight is 219 g/mol. The second kappa shape index (κ2) is 3.73. The fraction of sp³-hybridized carbons (Fsp3) is 0.400. The van der Waals surface area contributed by atoms with Crippen molar-refractivity contribution in [2.45, 2.75) is 26.1 Å². The van der Waals surface area contributed by atoms with Crippen LogP contribution in [0.5, 0.6) is 5.75 Å². The zero-order chi connectivity index (χ0) is 11.8. The van der Waals surface area contributed by atoms with Crippen molar-refractivity contribution in [1.82, 2.24) is 0 Å². The zero-order valence-electron chi connectivity index (χ0n) is 8.39. The van der Waals surface area contributed by atoms with Crippen LogP contribution in [-0.2, 0) is 0 Å². The van der Waals surface area contributed by atoms with E-state index >= 15 is 0 Å². The predicted octanol–water partition coefficient (Wildman–Crippen LogP) is 2.57. The Morgan fingerprint density at radius 2 is 1.60 bits per heavy atom. The molecule has 1 aromatic rings. The molecule has 0 aromatic heterocycles. The first-order valence-corrected chi connectivity index (χ1v) is 4.36. The van der Waals surface area contributed by atoms with E-state index in [1.165, 1.54) is 26.0 Å². The van der Waals surface area contributed by atoms with Crippen LogP contribution in [0.2, 0.25) is 0 Å². The molecule has 0 aliphatic carbocycles. The van der Waals surface area contributed by atoms with Gasteiger partial charge in [-0.25, -0.2) is 0 Å². The highest BCUT2D eigenvalue weighted by atomic mass is 19.4. The van der Waals surface area contributed by atoms with E-state index in [4.69, 9.17) is 5.73 Å². The van der Waals surface area contributed by atoms with Gasteiger partial charge < -0.3 is 10.8 Å². The lowest BCUT2D eigenvalue weighted by molar-refractivity contribution is -0.149. The normalized spacial score (nSPS) is 14.0. The van der Waals surface area contributed by atoms with E-state index in [2.05, 4.69) is 0 Å². The Kier molecular flexibility index (Phi) is 2.95. The topological polar surface area (TPSA) is 46.2 Å². The molecule has 2 nitrogen and oxygen atoms in total. The third-order valence-electron chi connectivity index (χ3n) is 2.23. The van der Waals surface area contributed by atoms with Gasteiger partial charge >= 0.3 is 6.18 Å². The van der Waals surface area contributed by atoms with E-state index in [0.717, 1.165) is 0 Å². The van der Waals surface area contributed by atoms with Crippen LogP contribution >= 0.6 is 0 Å². The monoisotopic (exact) mass is 219 g/mol. The molecule has 1 atom stereocenters. The lowest BCUT2D eigenvalue weighted by Gasteiger charge is -2.17. The minimum absolute atomic E-state index is 0.00752. The summed E-state index contributed by atoms with van der Waals surface area (Å²) in [6.07, 6.45) is -4.46. The van der Waals surface area contributed by atoms with Crippen LogP contribution in [0.4, 0.5) is 13.2 Å². The molecular formula is C10H12F3NO. The van der Waals surface area contributed by atoms with Gasteiger partial charge in [-0.3, -0.25) is 0 Å². The van der Waals surface area contributed by atoms with Crippen molar-refractivity contribution in [3.8, 4) is 5.75 Å². The molecule has 0 fully saturated rings. The lowest BCUT2D eigenvalue weighted by atomic mass is 10.0. The number of hydrogen-bond acceptors (Lipinski definition) is 2. The van der Waals surface area contributed by atoms with Crippen LogP contribution in [0.25, 0.3) is 0 Å². The first-order chi connectivity index (χ1) is 6.73. The van der Waals surface area contributed by atoms with Gasteiger partial charge in [0, 0.05) is 0 Å². The highest BCUT2D eigenvalue weighted by Gasteiger charge is 2.38. The molecule has 5 heteroatoms. The molecule has 0 aliphatic rings. The quantitative estimate of drug-likeness (QED) is 0.762. The second-order valence-corrected chi connectivity index (χ2v) is 3.52. The number of aryl methyl sites for hydroxylation is 2. The summed E-state index contributed by atoms with van der Waals surface area (Å²) in [5, 5.41) is 9.39. The number of halogens is 3. The van der Waals surface area contributed by atoms with Crippen molar-refractivity contribution < 1.29 is 18.3 Å². The van der Waals surface area contributed by atoms with E-state index < -0.39 is 12.2 Å². The van der Waals surface area contributed by atoms with Crippen molar-refractivity contribution >= 4 is 0 Å². The molecule has 0 radical (unpaired) electrons. The van der Waals surface area contributed by atoms with Crippen LogP contribution in [-0.4, -0.2) is 11.3 Å². The van der Waals surface area contributed by atoms with Crippen molar-refractivity contribution in [3.05, 3.63) is 28.8 Å². The van der Waals surface area contributed by atoms with Crippen molar-refractivity contribution in [2.75, 3.05) is 0 Å². The highest BCUT2D eigenvalue weighted by molar-refractivity contribution is 5.43. The largest absolute Gasteiger partial charge is 0.507 e. The van der Waals surface area contributed by atoms with Crippen molar-refractivity contribution in [3.63, 3.8) is 0 Å². The Bertz CT molecular complexity index is 350. The number of aromatic hydroxyl groups is 1. The molecule has 3 N–H and O–H groups in total.